The Balaban J connectivity index is 0.00000320. The molecule has 0 aromatic heterocycles. The SMILES string of the molecule is Cl.NC(=O)NC(CC(=O)NCC1CNCC1O)c1cccc(Oc2ccccc2)c1. The number of aliphatic hydroxyl groups is 1. The molecule has 0 saturated carbocycles. The largest absolute Gasteiger partial charge is 0.457 e. The van der Waals surface area contributed by atoms with Crippen LogP contribution in [0.3, 0.4) is 0 Å². The zero-order valence-corrected chi connectivity index (χ0v) is 17.2. The van der Waals surface area contributed by atoms with E-state index in [4.69, 9.17) is 10.5 Å². The number of hydrogen-bond acceptors (Lipinski definition) is 5. The molecule has 162 valence electrons. The van der Waals surface area contributed by atoms with E-state index in [1.165, 1.54) is 0 Å². The highest BCUT2D eigenvalue weighted by Gasteiger charge is 2.26. The van der Waals surface area contributed by atoms with Crippen molar-refractivity contribution in [3.63, 3.8) is 0 Å². The lowest BCUT2D eigenvalue weighted by atomic mass is 10.0. The molecule has 1 aliphatic heterocycles. The minimum absolute atomic E-state index is 0. The number of ether oxygens (including phenoxy) is 1. The van der Waals surface area contributed by atoms with Crippen LogP contribution >= 0.6 is 12.4 Å². The molecule has 0 radical (unpaired) electrons. The lowest BCUT2D eigenvalue weighted by molar-refractivity contribution is -0.121. The van der Waals surface area contributed by atoms with Crippen LogP contribution in [-0.2, 0) is 4.79 Å². The quantitative estimate of drug-likeness (QED) is 0.432. The third-order valence-electron chi connectivity index (χ3n) is 4.81. The van der Waals surface area contributed by atoms with Gasteiger partial charge in [-0.2, -0.15) is 0 Å². The molecule has 9 heteroatoms. The number of nitrogens with one attached hydrogen (secondary N) is 3. The Morgan fingerprint density at radius 3 is 2.53 bits per heavy atom. The fraction of sp³-hybridized carbons (Fsp3) is 0.333. The Kier molecular flexibility index (Phi) is 8.91. The van der Waals surface area contributed by atoms with Crippen molar-refractivity contribution < 1.29 is 19.4 Å². The maximum Gasteiger partial charge on any atom is 0.312 e. The third-order valence-corrected chi connectivity index (χ3v) is 4.81. The maximum absolute atomic E-state index is 12.4. The first-order chi connectivity index (χ1) is 14.0. The van der Waals surface area contributed by atoms with Gasteiger partial charge in [0.15, 0.2) is 0 Å². The van der Waals surface area contributed by atoms with Crippen LogP contribution in [0.25, 0.3) is 0 Å². The first kappa shape index (κ1) is 23.5. The number of primary amides is 1. The molecule has 3 atom stereocenters. The second-order valence-corrected chi connectivity index (χ2v) is 7.04. The second-order valence-electron chi connectivity index (χ2n) is 7.04. The molecule has 1 saturated heterocycles. The Hall–Kier alpha value is -2.81. The summed E-state index contributed by atoms with van der Waals surface area (Å²) in [5, 5.41) is 18.3. The third kappa shape index (κ3) is 6.91. The van der Waals surface area contributed by atoms with Crippen LogP contribution in [0.1, 0.15) is 18.0 Å². The van der Waals surface area contributed by atoms with E-state index >= 15 is 0 Å². The molecule has 30 heavy (non-hydrogen) atoms. The summed E-state index contributed by atoms with van der Waals surface area (Å²) in [7, 11) is 0. The van der Waals surface area contributed by atoms with Crippen LogP contribution < -0.4 is 26.4 Å². The number of hydrogen-bond donors (Lipinski definition) is 5. The van der Waals surface area contributed by atoms with Gasteiger partial charge in [0.1, 0.15) is 11.5 Å². The Bertz CT molecular complexity index is 837. The monoisotopic (exact) mass is 434 g/mol. The van der Waals surface area contributed by atoms with E-state index in [0.717, 1.165) is 0 Å². The fourth-order valence-electron chi connectivity index (χ4n) is 3.27. The van der Waals surface area contributed by atoms with Crippen molar-refractivity contribution in [1.29, 1.82) is 0 Å². The molecule has 8 nitrogen and oxygen atoms in total. The molecule has 1 fully saturated rings. The van der Waals surface area contributed by atoms with Crippen molar-refractivity contribution in [2.45, 2.75) is 18.6 Å². The molecule has 0 spiro atoms. The Morgan fingerprint density at radius 2 is 1.87 bits per heavy atom. The number of amides is 3. The highest BCUT2D eigenvalue weighted by atomic mass is 35.5. The zero-order valence-electron chi connectivity index (χ0n) is 16.4. The van der Waals surface area contributed by atoms with Gasteiger partial charge in [0.05, 0.1) is 18.6 Å². The van der Waals surface area contributed by atoms with Gasteiger partial charge in [0.2, 0.25) is 5.91 Å². The van der Waals surface area contributed by atoms with Gasteiger partial charge >= 0.3 is 6.03 Å². The molecule has 1 heterocycles. The predicted octanol–water partition coefficient (Wildman–Crippen LogP) is 1.70. The molecule has 3 unspecified atom stereocenters. The predicted molar refractivity (Wildman–Crippen MR) is 116 cm³/mol. The van der Waals surface area contributed by atoms with Crippen molar-refractivity contribution in [2.24, 2.45) is 11.7 Å². The molecule has 3 amide bonds. The van der Waals surface area contributed by atoms with E-state index in [0.29, 0.717) is 36.7 Å². The molecule has 1 aliphatic rings. The average molecular weight is 435 g/mol. The number of halogens is 1. The van der Waals surface area contributed by atoms with Crippen LogP contribution in [0.5, 0.6) is 11.5 Å². The Morgan fingerprint density at radius 1 is 1.13 bits per heavy atom. The summed E-state index contributed by atoms with van der Waals surface area (Å²) < 4.78 is 5.83. The second kappa shape index (κ2) is 11.4. The summed E-state index contributed by atoms with van der Waals surface area (Å²) in [4.78, 5) is 23.9. The van der Waals surface area contributed by atoms with Gasteiger partial charge in [-0.15, -0.1) is 12.4 Å². The number of para-hydroxylation sites is 1. The molecular formula is C21H27ClN4O4. The van der Waals surface area contributed by atoms with Gasteiger partial charge in [-0.25, -0.2) is 4.79 Å². The van der Waals surface area contributed by atoms with Gasteiger partial charge in [0, 0.05) is 25.6 Å². The highest BCUT2D eigenvalue weighted by Crippen LogP contribution is 2.26. The number of benzene rings is 2. The minimum Gasteiger partial charge on any atom is -0.457 e. The van der Waals surface area contributed by atoms with E-state index in [1.54, 1.807) is 24.3 Å². The van der Waals surface area contributed by atoms with Crippen molar-refractivity contribution in [3.05, 3.63) is 60.2 Å². The molecule has 0 bridgehead atoms. The highest BCUT2D eigenvalue weighted by molar-refractivity contribution is 5.85. The van der Waals surface area contributed by atoms with Crippen LogP contribution in [0.2, 0.25) is 0 Å². The number of nitrogens with two attached hydrogens (primary N) is 1. The van der Waals surface area contributed by atoms with E-state index < -0.39 is 18.2 Å². The van der Waals surface area contributed by atoms with Crippen molar-refractivity contribution in [3.8, 4) is 11.5 Å². The van der Waals surface area contributed by atoms with E-state index in [9.17, 15) is 14.7 Å². The van der Waals surface area contributed by atoms with Crippen molar-refractivity contribution >= 4 is 24.3 Å². The minimum atomic E-state index is -0.715. The van der Waals surface area contributed by atoms with Gasteiger partial charge in [-0.3, -0.25) is 4.79 Å². The molecule has 0 aliphatic carbocycles. The van der Waals surface area contributed by atoms with E-state index in [2.05, 4.69) is 16.0 Å². The number of aliphatic hydroxyl groups excluding tert-OH is 1. The molecular weight excluding hydrogens is 408 g/mol. The van der Waals surface area contributed by atoms with Crippen LogP contribution in [0.15, 0.2) is 54.6 Å². The topological polar surface area (TPSA) is 126 Å². The van der Waals surface area contributed by atoms with Crippen LogP contribution in [0.4, 0.5) is 4.79 Å². The number of β-amino-alcohol motifs (C(OH)–C–C–N with tert-alkyl or cyclic N) is 1. The summed E-state index contributed by atoms with van der Waals surface area (Å²) in [5.74, 6) is 1.01. The summed E-state index contributed by atoms with van der Waals surface area (Å²) in [6.07, 6.45) is -0.449. The molecule has 2 aromatic carbocycles. The summed E-state index contributed by atoms with van der Waals surface area (Å²) in [6, 6.07) is 15.2. The van der Waals surface area contributed by atoms with Crippen molar-refractivity contribution in [1.82, 2.24) is 16.0 Å². The van der Waals surface area contributed by atoms with Gasteiger partial charge in [0.25, 0.3) is 0 Å². The number of carbonyl (C=O) groups excluding carboxylic acids is 2. The smallest absolute Gasteiger partial charge is 0.312 e. The molecule has 2 aromatic rings. The first-order valence-corrected chi connectivity index (χ1v) is 9.55. The lowest BCUT2D eigenvalue weighted by Crippen LogP contribution is -2.39. The summed E-state index contributed by atoms with van der Waals surface area (Å²) >= 11 is 0. The standard InChI is InChI=1S/C21H26N4O4.ClH/c22-21(28)25-18(10-20(27)24-12-15-11-23-13-19(15)26)14-5-4-8-17(9-14)29-16-6-2-1-3-7-16;/h1-9,15,18-19,23,26H,10-13H2,(H,24,27)(H3,22,25,28);1H. The normalized spacial score (nSPS) is 18.7. The fourth-order valence-corrected chi connectivity index (χ4v) is 3.27. The number of rotatable bonds is 8. The molecule has 3 rings (SSSR count). The van der Waals surface area contributed by atoms with E-state index in [-0.39, 0.29) is 30.7 Å². The first-order valence-electron chi connectivity index (χ1n) is 9.55. The van der Waals surface area contributed by atoms with Crippen LogP contribution in [0, 0.1) is 5.92 Å². The zero-order chi connectivity index (χ0) is 20.6. The summed E-state index contributed by atoms with van der Waals surface area (Å²) in [6.45, 7) is 1.55. The van der Waals surface area contributed by atoms with Gasteiger partial charge in [-0.05, 0) is 29.8 Å². The van der Waals surface area contributed by atoms with Gasteiger partial charge < -0.3 is 31.5 Å². The maximum atomic E-state index is 12.4. The summed E-state index contributed by atoms with van der Waals surface area (Å²) in [5.41, 5.74) is 6.01. The Labute approximate surface area is 181 Å². The van der Waals surface area contributed by atoms with Crippen molar-refractivity contribution in [2.75, 3.05) is 19.6 Å². The van der Waals surface area contributed by atoms with E-state index in [1.807, 2.05) is 30.3 Å². The molecule has 6 N–H and O–H groups in total. The number of carbonyl (C=O) groups is 2. The number of urea groups is 1. The average Bonchev–Trinajstić information content (AvgIpc) is 3.11. The lowest BCUT2D eigenvalue weighted by Gasteiger charge is -2.20. The van der Waals surface area contributed by atoms with Gasteiger partial charge in [-0.1, -0.05) is 30.3 Å². The van der Waals surface area contributed by atoms with Crippen LogP contribution in [-0.4, -0.2) is 42.8 Å².